The molecule has 26 heavy (non-hydrogen) atoms. The van der Waals surface area contributed by atoms with E-state index < -0.39 is 0 Å². The van der Waals surface area contributed by atoms with Gasteiger partial charge in [0.25, 0.3) is 0 Å². The molecule has 2 aromatic carbocycles. The van der Waals surface area contributed by atoms with Crippen molar-refractivity contribution < 1.29 is 9.59 Å². The Kier molecular flexibility index (Phi) is 7.45. The zero-order chi connectivity index (χ0) is 19.1. The Morgan fingerprint density at radius 3 is 2.00 bits per heavy atom. The van der Waals surface area contributed by atoms with E-state index in [9.17, 15) is 9.59 Å². The van der Waals surface area contributed by atoms with Gasteiger partial charge in [-0.1, -0.05) is 35.3 Å². The average molecular weight is 394 g/mol. The largest absolute Gasteiger partial charge is 0.348 e. The number of amides is 2. The third-order valence-corrected chi connectivity index (χ3v) is 4.21. The normalized spacial score (nSPS) is 11.9. The lowest BCUT2D eigenvalue weighted by atomic mass is 10.1. The Morgan fingerprint density at radius 2 is 1.42 bits per heavy atom. The lowest BCUT2D eigenvalue weighted by molar-refractivity contribution is -0.123. The SMILES string of the molecule is C[C@@H](NC(=O)CN(C)CC(=O)Nc1ccc(Cl)cc1)c1ccc(Cl)cc1. The van der Waals surface area contributed by atoms with Crippen LogP contribution in [0.1, 0.15) is 18.5 Å². The van der Waals surface area contributed by atoms with Crippen molar-refractivity contribution in [3.63, 3.8) is 0 Å². The Balaban J connectivity index is 1.78. The zero-order valence-electron chi connectivity index (χ0n) is 14.6. The van der Waals surface area contributed by atoms with E-state index in [1.54, 1.807) is 48.3 Å². The molecular formula is C19H21Cl2N3O2. The van der Waals surface area contributed by atoms with Crippen molar-refractivity contribution in [2.75, 3.05) is 25.5 Å². The summed E-state index contributed by atoms with van der Waals surface area (Å²) >= 11 is 11.7. The minimum absolute atomic E-state index is 0.103. The van der Waals surface area contributed by atoms with Gasteiger partial charge in [-0.3, -0.25) is 14.5 Å². The van der Waals surface area contributed by atoms with Crippen LogP contribution in [0.15, 0.2) is 48.5 Å². The van der Waals surface area contributed by atoms with E-state index in [1.165, 1.54) is 0 Å². The van der Waals surface area contributed by atoms with Crippen LogP contribution in [0, 0.1) is 0 Å². The second-order valence-corrected chi connectivity index (χ2v) is 6.94. The number of carbonyl (C=O) groups is 2. The van der Waals surface area contributed by atoms with Crippen LogP contribution < -0.4 is 10.6 Å². The molecule has 2 N–H and O–H groups in total. The minimum Gasteiger partial charge on any atom is -0.348 e. The summed E-state index contributed by atoms with van der Waals surface area (Å²) in [7, 11) is 1.72. The fourth-order valence-corrected chi connectivity index (χ4v) is 2.65. The number of benzene rings is 2. The van der Waals surface area contributed by atoms with E-state index in [1.807, 2.05) is 19.1 Å². The van der Waals surface area contributed by atoms with Gasteiger partial charge >= 0.3 is 0 Å². The monoisotopic (exact) mass is 393 g/mol. The van der Waals surface area contributed by atoms with Gasteiger partial charge in [-0.05, 0) is 55.9 Å². The van der Waals surface area contributed by atoms with Gasteiger partial charge in [-0.15, -0.1) is 0 Å². The summed E-state index contributed by atoms with van der Waals surface area (Å²) in [4.78, 5) is 25.8. The number of nitrogens with zero attached hydrogens (tertiary/aromatic N) is 1. The van der Waals surface area contributed by atoms with Crippen LogP contribution in [0.5, 0.6) is 0 Å². The molecule has 0 aromatic heterocycles. The number of hydrogen-bond donors (Lipinski definition) is 2. The molecule has 0 bridgehead atoms. The molecule has 1 atom stereocenters. The standard InChI is InChI=1S/C19H21Cl2N3O2/c1-13(14-3-5-15(20)6-4-14)22-18(25)11-24(2)12-19(26)23-17-9-7-16(21)8-10-17/h3-10,13H,11-12H2,1-2H3,(H,22,25)(H,23,26)/t13-/m1/s1. The summed E-state index contributed by atoms with van der Waals surface area (Å²) in [6, 6.07) is 14.0. The first kappa shape index (κ1) is 20.2. The number of anilines is 1. The number of hydrogen-bond acceptors (Lipinski definition) is 3. The molecule has 0 unspecified atom stereocenters. The molecule has 2 amide bonds. The van der Waals surface area contributed by atoms with E-state index in [4.69, 9.17) is 23.2 Å². The third-order valence-electron chi connectivity index (χ3n) is 3.70. The molecule has 5 nitrogen and oxygen atoms in total. The van der Waals surface area contributed by atoms with Gasteiger partial charge in [0.2, 0.25) is 11.8 Å². The van der Waals surface area contributed by atoms with Crippen molar-refractivity contribution in [3.05, 3.63) is 64.1 Å². The molecule has 0 aliphatic carbocycles. The van der Waals surface area contributed by atoms with Crippen molar-refractivity contribution in [2.45, 2.75) is 13.0 Å². The van der Waals surface area contributed by atoms with Crippen LogP contribution in [-0.2, 0) is 9.59 Å². The van der Waals surface area contributed by atoms with E-state index in [0.29, 0.717) is 15.7 Å². The molecule has 0 saturated carbocycles. The smallest absolute Gasteiger partial charge is 0.238 e. The number of rotatable bonds is 7. The number of carbonyl (C=O) groups excluding carboxylic acids is 2. The highest BCUT2D eigenvalue weighted by atomic mass is 35.5. The van der Waals surface area contributed by atoms with E-state index in [2.05, 4.69) is 10.6 Å². The lowest BCUT2D eigenvalue weighted by Crippen LogP contribution is -2.39. The van der Waals surface area contributed by atoms with Crippen LogP contribution in [0.2, 0.25) is 10.0 Å². The summed E-state index contributed by atoms with van der Waals surface area (Å²) in [6.07, 6.45) is 0. The van der Waals surface area contributed by atoms with Gasteiger partial charge in [0, 0.05) is 15.7 Å². The van der Waals surface area contributed by atoms with Gasteiger partial charge in [0.05, 0.1) is 19.1 Å². The van der Waals surface area contributed by atoms with Crippen LogP contribution >= 0.6 is 23.2 Å². The molecule has 0 aliphatic heterocycles. The first-order chi connectivity index (χ1) is 12.3. The van der Waals surface area contributed by atoms with Crippen molar-refractivity contribution >= 4 is 40.7 Å². The summed E-state index contributed by atoms with van der Waals surface area (Å²) < 4.78 is 0. The van der Waals surface area contributed by atoms with Crippen LogP contribution in [0.3, 0.4) is 0 Å². The Morgan fingerprint density at radius 1 is 0.923 bits per heavy atom. The summed E-state index contributed by atoms with van der Waals surface area (Å²) in [5, 5.41) is 6.92. The van der Waals surface area contributed by atoms with Crippen LogP contribution in [-0.4, -0.2) is 36.9 Å². The topological polar surface area (TPSA) is 61.4 Å². The first-order valence-corrected chi connectivity index (χ1v) is 8.88. The molecule has 0 radical (unpaired) electrons. The summed E-state index contributed by atoms with van der Waals surface area (Å²) in [5.41, 5.74) is 1.62. The molecule has 0 saturated heterocycles. The number of halogens is 2. The van der Waals surface area contributed by atoms with E-state index >= 15 is 0 Å². The van der Waals surface area contributed by atoms with Crippen molar-refractivity contribution in [2.24, 2.45) is 0 Å². The molecule has 2 rings (SSSR count). The fourth-order valence-electron chi connectivity index (χ4n) is 2.40. The van der Waals surface area contributed by atoms with Crippen molar-refractivity contribution in [1.82, 2.24) is 10.2 Å². The second-order valence-electron chi connectivity index (χ2n) is 6.07. The van der Waals surface area contributed by atoms with Gasteiger partial charge in [0.15, 0.2) is 0 Å². The first-order valence-electron chi connectivity index (χ1n) is 8.12. The molecule has 0 aliphatic rings. The third kappa shape index (κ3) is 6.67. The minimum atomic E-state index is -0.201. The zero-order valence-corrected chi connectivity index (χ0v) is 16.1. The average Bonchev–Trinajstić information content (AvgIpc) is 2.57. The van der Waals surface area contributed by atoms with Crippen LogP contribution in [0.25, 0.3) is 0 Å². The Bertz CT molecular complexity index is 748. The highest BCUT2D eigenvalue weighted by Gasteiger charge is 2.14. The number of likely N-dealkylation sites (N-methyl/N-ethyl adjacent to an activating group) is 1. The van der Waals surface area contributed by atoms with E-state index in [-0.39, 0.29) is 30.9 Å². The van der Waals surface area contributed by atoms with Gasteiger partial charge in [-0.2, -0.15) is 0 Å². The van der Waals surface area contributed by atoms with Gasteiger partial charge in [0.1, 0.15) is 0 Å². The Hall–Kier alpha value is -2.08. The molecule has 0 fully saturated rings. The maximum Gasteiger partial charge on any atom is 0.238 e. The summed E-state index contributed by atoms with van der Waals surface area (Å²) in [5.74, 6) is -0.359. The van der Waals surface area contributed by atoms with Gasteiger partial charge < -0.3 is 10.6 Å². The quantitative estimate of drug-likeness (QED) is 0.752. The van der Waals surface area contributed by atoms with Gasteiger partial charge in [-0.25, -0.2) is 0 Å². The van der Waals surface area contributed by atoms with E-state index in [0.717, 1.165) is 5.56 Å². The molecule has 0 spiro atoms. The molecule has 2 aromatic rings. The van der Waals surface area contributed by atoms with Crippen molar-refractivity contribution in [3.8, 4) is 0 Å². The lowest BCUT2D eigenvalue weighted by Gasteiger charge is -2.19. The second kappa shape index (κ2) is 9.57. The number of nitrogens with one attached hydrogen (secondary N) is 2. The van der Waals surface area contributed by atoms with Crippen molar-refractivity contribution in [1.29, 1.82) is 0 Å². The predicted molar refractivity (Wildman–Crippen MR) is 106 cm³/mol. The molecule has 138 valence electrons. The maximum atomic E-state index is 12.2. The predicted octanol–water partition coefficient (Wildman–Crippen LogP) is 3.74. The molecule has 7 heteroatoms. The summed E-state index contributed by atoms with van der Waals surface area (Å²) in [6.45, 7) is 2.12. The Labute approximate surface area is 163 Å². The molecular weight excluding hydrogens is 373 g/mol. The fraction of sp³-hybridized carbons (Fsp3) is 0.263. The highest BCUT2D eigenvalue weighted by molar-refractivity contribution is 6.30. The molecule has 0 heterocycles. The highest BCUT2D eigenvalue weighted by Crippen LogP contribution is 2.16. The van der Waals surface area contributed by atoms with Crippen LogP contribution in [0.4, 0.5) is 5.69 Å². The maximum absolute atomic E-state index is 12.2.